The second-order valence-electron chi connectivity index (χ2n) is 3.81. The Morgan fingerprint density at radius 3 is 2.69 bits per heavy atom. The number of hydrogen-bond donors (Lipinski definition) is 2. The van der Waals surface area contributed by atoms with E-state index in [-0.39, 0.29) is 17.8 Å². The number of pyridine rings is 1. The molecule has 0 fully saturated rings. The molecule has 0 spiro atoms. The Balaban J connectivity index is 2.72. The van der Waals surface area contributed by atoms with Gasteiger partial charge in [-0.25, -0.2) is 0 Å². The first-order valence-electron chi connectivity index (χ1n) is 5.72. The van der Waals surface area contributed by atoms with Crippen LogP contribution in [-0.4, -0.2) is 21.4 Å². The largest absolute Gasteiger partial charge is 0.503 e. The first-order valence-corrected chi connectivity index (χ1v) is 5.72. The van der Waals surface area contributed by atoms with Crippen molar-refractivity contribution in [2.24, 2.45) is 0 Å². The van der Waals surface area contributed by atoms with Crippen LogP contribution >= 0.6 is 0 Å². The first-order chi connectivity index (χ1) is 7.70. The predicted octanol–water partition coefficient (Wildman–Crippen LogP) is 1.28. The Kier molecular flexibility index (Phi) is 5.05. The Hall–Kier alpha value is -1.29. The van der Waals surface area contributed by atoms with Crippen LogP contribution < -0.4 is 5.43 Å². The Morgan fingerprint density at radius 1 is 1.31 bits per heavy atom. The molecule has 0 aromatic carbocycles. The van der Waals surface area contributed by atoms with E-state index >= 15 is 0 Å². The van der Waals surface area contributed by atoms with Crippen molar-refractivity contribution >= 4 is 0 Å². The molecular weight excluding hydrogens is 206 g/mol. The van der Waals surface area contributed by atoms with Gasteiger partial charge in [-0.05, 0) is 25.7 Å². The zero-order chi connectivity index (χ0) is 12.0. The molecule has 1 aromatic rings. The number of aliphatic hydroxyl groups is 1. The minimum absolute atomic E-state index is 0.132. The fourth-order valence-corrected chi connectivity index (χ4v) is 1.76. The molecule has 1 heterocycles. The number of aromatic nitrogens is 1. The zero-order valence-electron chi connectivity index (χ0n) is 9.65. The molecule has 90 valence electrons. The summed E-state index contributed by atoms with van der Waals surface area (Å²) in [6, 6.07) is 1.39. The van der Waals surface area contributed by atoms with Gasteiger partial charge in [0.15, 0.2) is 5.75 Å². The first kappa shape index (κ1) is 12.8. The third kappa shape index (κ3) is 3.10. The van der Waals surface area contributed by atoms with E-state index in [0.29, 0.717) is 12.1 Å². The maximum Gasteiger partial charge on any atom is 0.223 e. The summed E-state index contributed by atoms with van der Waals surface area (Å²) in [6.45, 7) is 2.91. The van der Waals surface area contributed by atoms with Gasteiger partial charge in [0.25, 0.3) is 0 Å². The maximum atomic E-state index is 11.2. The minimum Gasteiger partial charge on any atom is -0.503 e. The molecule has 4 heteroatoms. The third-order valence-corrected chi connectivity index (χ3v) is 2.65. The van der Waals surface area contributed by atoms with Crippen molar-refractivity contribution in [3.05, 3.63) is 28.2 Å². The topological polar surface area (TPSA) is 62.5 Å². The molecule has 16 heavy (non-hydrogen) atoms. The zero-order valence-corrected chi connectivity index (χ0v) is 9.65. The summed E-state index contributed by atoms with van der Waals surface area (Å²) in [5.74, 6) is -0.132. The highest BCUT2D eigenvalue weighted by Crippen LogP contribution is 2.13. The van der Waals surface area contributed by atoms with E-state index in [9.17, 15) is 9.90 Å². The molecular formula is C12H19NO3. The van der Waals surface area contributed by atoms with Gasteiger partial charge < -0.3 is 14.8 Å². The van der Waals surface area contributed by atoms with E-state index in [1.807, 2.05) is 11.5 Å². The summed E-state index contributed by atoms with van der Waals surface area (Å²) in [5.41, 5.74) is 0.375. The van der Waals surface area contributed by atoms with Gasteiger partial charge in [0.1, 0.15) is 0 Å². The van der Waals surface area contributed by atoms with E-state index in [1.165, 1.54) is 6.07 Å². The number of aryl methyl sites for hydroxylation is 1. The smallest absolute Gasteiger partial charge is 0.223 e. The van der Waals surface area contributed by atoms with Crippen LogP contribution in [0.4, 0.5) is 0 Å². The summed E-state index contributed by atoms with van der Waals surface area (Å²) in [5, 5.41) is 18.3. The number of nitrogens with zero attached hydrogens (tertiary/aromatic N) is 1. The average molecular weight is 225 g/mol. The van der Waals surface area contributed by atoms with Crippen LogP contribution in [0, 0.1) is 0 Å². The molecule has 0 aliphatic rings. The second kappa shape index (κ2) is 6.33. The predicted molar refractivity (Wildman–Crippen MR) is 62.7 cm³/mol. The summed E-state index contributed by atoms with van der Waals surface area (Å²) in [4.78, 5) is 11.2. The summed E-state index contributed by atoms with van der Waals surface area (Å²) in [6.07, 6.45) is 5.05. The van der Waals surface area contributed by atoms with Crippen LogP contribution in [0.2, 0.25) is 0 Å². The Morgan fingerprint density at radius 2 is 2.06 bits per heavy atom. The van der Waals surface area contributed by atoms with Gasteiger partial charge >= 0.3 is 0 Å². The number of hydrogen-bond acceptors (Lipinski definition) is 3. The van der Waals surface area contributed by atoms with Gasteiger partial charge in [-0.1, -0.05) is 6.92 Å². The molecule has 0 unspecified atom stereocenters. The van der Waals surface area contributed by atoms with Gasteiger partial charge in [-0.15, -0.1) is 0 Å². The lowest BCUT2D eigenvalue weighted by Crippen LogP contribution is -2.12. The summed E-state index contributed by atoms with van der Waals surface area (Å²) >= 11 is 0. The normalized spacial score (nSPS) is 10.6. The van der Waals surface area contributed by atoms with Crippen molar-refractivity contribution in [3.8, 4) is 5.75 Å². The molecule has 0 radical (unpaired) electrons. The van der Waals surface area contributed by atoms with Crippen LogP contribution in [0.1, 0.15) is 31.9 Å². The number of unbranched alkanes of at least 4 members (excludes halogenated alkanes) is 2. The lowest BCUT2D eigenvalue weighted by molar-refractivity contribution is 0.281. The van der Waals surface area contributed by atoms with Gasteiger partial charge in [0.05, 0.1) is 5.69 Å². The molecule has 0 aliphatic heterocycles. The highest BCUT2D eigenvalue weighted by Gasteiger charge is 2.07. The van der Waals surface area contributed by atoms with Crippen molar-refractivity contribution in [3.63, 3.8) is 0 Å². The maximum absolute atomic E-state index is 11.2. The lowest BCUT2D eigenvalue weighted by atomic mass is 10.2. The molecule has 1 rings (SSSR count). The van der Waals surface area contributed by atoms with Crippen molar-refractivity contribution in [2.75, 3.05) is 6.61 Å². The molecule has 4 nitrogen and oxygen atoms in total. The Bertz CT molecular complexity index is 384. The summed E-state index contributed by atoms with van der Waals surface area (Å²) in [7, 11) is 0. The van der Waals surface area contributed by atoms with E-state index in [4.69, 9.17) is 5.11 Å². The van der Waals surface area contributed by atoms with E-state index < -0.39 is 0 Å². The summed E-state index contributed by atoms with van der Waals surface area (Å²) < 4.78 is 1.91. The van der Waals surface area contributed by atoms with E-state index in [2.05, 4.69) is 0 Å². The molecule has 0 bridgehead atoms. The molecule has 0 aliphatic carbocycles. The van der Waals surface area contributed by atoms with Crippen LogP contribution in [0.15, 0.2) is 17.1 Å². The van der Waals surface area contributed by atoms with Gasteiger partial charge in [-0.2, -0.15) is 0 Å². The molecule has 0 saturated heterocycles. The lowest BCUT2D eigenvalue weighted by Gasteiger charge is -2.12. The van der Waals surface area contributed by atoms with Crippen molar-refractivity contribution < 1.29 is 10.2 Å². The fourth-order valence-electron chi connectivity index (χ4n) is 1.76. The minimum atomic E-state index is -0.316. The number of aromatic hydroxyl groups is 1. The number of aliphatic hydroxyl groups excluding tert-OH is 1. The van der Waals surface area contributed by atoms with Crippen molar-refractivity contribution in [1.29, 1.82) is 0 Å². The highest BCUT2D eigenvalue weighted by atomic mass is 16.3. The third-order valence-electron chi connectivity index (χ3n) is 2.65. The monoisotopic (exact) mass is 225 g/mol. The van der Waals surface area contributed by atoms with E-state index in [1.54, 1.807) is 6.20 Å². The van der Waals surface area contributed by atoms with Gasteiger partial charge in [0.2, 0.25) is 5.43 Å². The molecule has 0 amide bonds. The van der Waals surface area contributed by atoms with Crippen LogP contribution in [0.25, 0.3) is 0 Å². The van der Waals surface area contributed by atoms with Crippen LogP contribution in [-0.2, 0) is 13.0 Å². The van der Waals surface area contributed by atoms with Gasteiger partial charge in [-0.3, -0.25) is 4.79 Å². The van der Waals surface area contributed by atoms with Gasteiger partial charge in [0, 0.05) is 25.4 Å². The molecule has 1 aromatic heterocycles. The molecule has 2 N–H and O–H groups in total. The standard InChI is InChI=1S/C12H19NO3/c1-2-10-12(16)11(15)6-8-13(10)7-4-3-5-9-14/h6,8,14,16H,2-5,7,9H2,1H3. The van der Waals surface area contributed by atoms with E-state index in [0.717, 1.165) is 25.8 Å². The Labute approximate surface area is 95.2 Å². The highest BCUT2D eigenvalue weighted by molar-refractivity contribution is 5.26. The molecule has 0 saturated carbocycles. The SMILES string of the molecule is CCc1c(O)c(=O)ccn1CCCCCO. The fraction of sp³-hybridized carbons (Fsp3) is 0.583. The van der Waals surface area contributed by atoms with Crippen LogP contribution in [0.3, 0.4) is 0 Å². The van der Waals surface area contributed by atoms with Crippen molar-refractivity contribution in [1.82, 2.24) is 4.57 Å². The quantitative estimate of drug-likeness (QED) is 0.717. The van der Waals surface area contributed by atoms with Crippen LogP contribution in [0.5, 0.6) is 5.75 Å². The number of rotatable bonds is 6. The second-order valence-corrected chi connectivity index (χ2v) is 3.81. The van der Waals surface area contributed by atoms with Crippen molar-refractivity contribution in [2.45, 2.75) is 39.2 Å². The molecule has 0 atom stereocenters. The average Bonchev–Trinajstić information content (AvgIpc) is 2.29.